The van der Waals surface area contributed by atoms with E-state index in [9.17, 15) is 13.2 Å². The predicted molar refractivity (Wildman–Crippen MR) is 106 cm³/mol. The molecule has 0 radical (unpaired) electrons. The molecule has 1 aromatic carbocycles. The molecule has 1 amide bonds. The Balaban J connectivity index is 1.79. The van der Waals surface area contributed by atoms with Crippen LogP contribution >= 0.6 is 0 Å². The minimum absolute atomic E-state index is 0.00539. The summed E-state index contributed by atoms with van der Waals surface area (Å²) in [6, 6.07) is 4.85. The van der Waals surface area contributed by atoms with Gasteiger partial charge in [-0.15, -0.1) is 0 Å². The van der Waals surface area contributed by atoms with Crippen LogP contribution in [0.4, 0.5) is 0 Å². The largest absolute Gasteiger partial charge is 0.348 e. The Morgan fingerprint density at radius 2 is 2.15 bits per heavy atom. The van der Waals surface area contributed by atoms with E-state index in [0.29, 0.717) is 18.7 Å². The topological polar surface area (TPSA) is 78.5 Å². The van der Waals surface area contributed by atoms with E-state index in [2.05, 4.69) is 16.7 Å². The molecule has 2 N–H and O–H groups in total. The van der Waals surface area contributed by atoms with Crippen molar-refractivity contribution < 1.29 is 13.2 Å². The first-order valence-corrected chi connectivity index (χ1v) is 11.1. The van der Waals surface area contributed by atoms with Crippen LogP contribution in [-0.2, 0) is 10.0 Å². The van der Waals surface area contributed by atoms with Gasteiger partial charge >= 0.3 is 0 Å². The molecule has 2 aliphatic rings. The summed E-state index contributed by atoms with van der Waals surface area (Å²) >= 11 is 0. The zero-order valence-electron chi connectivity index (χ0n) is 16.1. The molecule has 7 heteroatoms. The number of nitrogens with one attached hydrogen (secondary N) is 2. The first-order chi connectivity index (χ1) is 12.9. The van der Waals surface area contributed by atoms with Gasteiger partial charge in [-0.2, -0.15) is 4.31 Å². The van der Waals surface area contributed by atoms with Crippen LogP contribution in [0.25, 0.3) is 0 Å². The van der Waals surface area contributed by atoms with Crippen molar-refractivity contribution in [3.8, 4) is 0 Å². The van der Waals surface area contributed by atoms with Crippen LogP contribution in [0.15, 0.2) is 34.7 Å². The van der Waals surface area contributed by atoms with Gasteiger partial charge in [-0.25, -0.2) is 8.42 Å². The Labute approximate surface area is 162 Å². The van der Waals surface area contributed by atoms with Crippen molar-refractivity contribution >= 4 is 15.9 Å². The van der Waals surface area contributed by atoms with Gasteiger partial charge in [-0.1, -0.05) is 24.1 Å². The van der Waals surface area contributed by atoms with Crippen LogP contribution in [0.2, 0.25) is 0 Å². The Hall–Kier alpha value is -1.70. The molecular weight excluding hydrogens is 362 g/mol. The molecule has 1 fully saturated rings. The second kappa shape index (κ2) is 8.54. The SMILES string of the molecule is Cc1ccc(S(=O)(=O)N2CCCCC2C)cc1C(=O)NCC1=CCNCC1. The van der Waals surface area contributed by atoms with Gasteiger partial charge in [0.2, 0.25) is 10.0 Å². The summed E-state index contributed by atoms with van der Waals surface area (Å²) in [6.45, 7) is 6.57. The van der Waals surface area contributed by atoms with Crippen molar-refractivity contribution in [3.63, 3.8) is 0 Å². The smallest absolute Gasteiger partial charge is 0.251 e. The second-order valence-corrected chi connectivity index (χ2v) is 9.33. The van der Waals surface area contributed by atoms with E-state index >= 15 is 0 Å². The van der Waals surface area contributed by atoms with Crippen molar-refractivity contribution in [1.29, 1.82) is 0 Å². The van der Waals surface area contributed by atoms with Gasteiger partial charge in [0.1, 0.15) is 0 Å². The molecule has 0 aliphatic carbocycles. The lowest BCUT2D eigenvalue weighted by Gasteiger charge is -2.32. The highest BCUT2D eigenvalue weighted by atomic mass is 32.2. The lowest BCUT2D eigenvalue weighted by atomic mass is 10.1. The maximum absolute atomic E-state index is 13.1. The molecule has 0 saturated carbocycles. The number of carbonyl (C=O) groups excluding carboxylic acids is 1. The molecule has 1 aromatic rings. The Kier molecular flexibility index (Phi) is 6.34. The van der Waals surface area contributed by atoms with Crippen molar-refractivity contribution in [2.75, 3.05) is 26.2 Å². The van der Waals surface area contributed by atoms with E-state index in [1.807, 2.05) is 13.8 Å². The molecule has 148 valence electrons. The van der Waals surface area contributed by atoms with Gasteiger partial charge in [0.25, 0.3) is 5.91 Å². The highest BCUT2D eigenvalue weighted by Gasteiger charge is 2.31. The molecule has 1 unspecified atom stereocenters. The molecule has 0 aromatic heterocycles. The summed E-state index contributed by atoms with van der Waals surface area (Å²) in [6.07, 6.45) is 5.82. The van der Waals surface area contributed by atoms with Gasteiger partial charge in [0, 0.05) is 31.2 Å². The van der Waals surface area contributed by atoms with E-state index in [1.165, 1.54) is 11.6 Å². The molecule has 0 spiro atoms. The molecule has 0 bridgehead atoms. The number of benzene rings is 1. The van der Waals surface area contributed by atoms with Crippen LogP contribution in [-0.4, -0.2) is 50.9 Å². The second-order valence-electron chi connectivity index (χ2n) is 7.44. The predicted octanol–water partition coefficient (Wildman–Crippen LogP) is 2.21. The number of hydrogen-bond donors (Lipinski definition) is 2. The number of nitrogens with zero attached hydrogens (tertiary/aromatic N) is 1. The third-order valence-electron chi connectivity index (χ3n) is 5.44. The fourth-order valence-electron chi connectivity index (χ4n) is 3.69. The molecule has 27 heavy (non-hydrogen) atoms. The van der Waals surface area contributed by atoms with E-state index in [1.54, 1.807) is 16.4 Å². The Morgan fingerprint density at radius 3 is 2.85 bits per heavy atom. The van der Waals surface area contributed by atoms with Crippen molar-refractivity contribution in [2.24, 2.45) is 0 Å². The quantitative estimate of drug-likeness (QED) is 0.755. The van der Waals surface area contributed by atoms with Crippen LogP contribution in [0.3, 0.4) is 0 Å². The average Bonchev–Trinajstić information content (AvgIpc) is 2.67. The molecule has 1 atom stereocenters. The van der Waals surface area contributed by atoms with Crippen molar-refractivity contribution in [1.82, 2.24) is 14.9 Å². The maximum atomic E-state index is 13.1. The van der Waals surface area contributed by atoms with E-state index in [4.69, 9.17) is 0 Å². The summed E-state index contributed by atoms with van der Waals surface area (Å²) in [5, 5.41) is 6.17. The minimum Gasteiger partial charge on any atom is -0.348 e. The van der Waals surface area contributed by atoms with Gasteiger partial charge < -0.3 is 10.6 Å². The normalized spacial score (nSPS) is 21.6. The van der Waals surface area contributed by atoms with Gasteiger partial charge in [0.15, 0.2) is 0 Å². The van der Waals surface area contributed by atoms with Crippen molar-refractivity contribution in [3.05, 3.63) is 41.0 Å². The first-order valence-electron chi connectivity index (χ1n) is 9.69. The van der Waals surface area contributed by atoms with Crippen LogP contribution < -0.4 is 10.6 Å². The standard InChI is InChI=1S/C20H29N3O3S/c1-15-6-7-18(27(25,26)23-12-4-3-5-16(23)2)13-19(15)20(24)22-14-17-8-10-21-11-9-17/h6-8,13,16,21H,3-5,9-12,14H2,1-2H3,(H,22,24). The van der Waals surface area contributed by atoms with Crippen LogP contribution in [0, 0.1) is 6.92 Å². The maximum Gasteiger partial charge on any atom is 0.251 e. The number of sulfonamides is 1. The van der Waals surface area contributed by atoms with Gasteiger partial charge in [-0.3, -0.25) is 4.79 Å². The molecule has 2 heterocycles. The minimum atomic E-state index is -3.59. The third kappa shape index (κ3) is 4.59. The number of aryl methyl sites for hydroxylation is 1. The van der Waals surface area contributed by atoms with E-state index in [0.717, 1.165) is 44.3 Å². The molecule has 6 nitrogen and oxygen atoms in total. The number of piperidine rings is 1. The average molecular weight is 392 g/mol. The molecule has 1 saturated heterocycles. The van der Waals surface area contributed by atoms with Gasteiger partial charge in [0.05, 0.1) is 4.90 Å². The summed E-state index contributed by atoms with van der Waals surface area (Å²) < 4.78 is 27.7. The summed E-state index contributed by atoms with van der Waals surface area (Å²) in [4.78, 5) is 12.9. The number of rotatable bonds is 5. The molecule has 2 aliphatic heterocycles. The van der Waals surface area contributed by atoms with E-state index in [-0.39, 0.29) is 16.8 Å². The fraction of sp³-hybridized carbons (Fsp3) is 0.550. The monoisotopic (exact) mass is 391 g/mol. The summed E-state index contributed by atoms with van der Waals surface area (Å²) in [5.41, 5.74) is 2.40. The van der Waals surface area contributed by atoms with E-state index < -0.39 is 10.0 Å². The molecular formula is C20H29N3O3S. The number of amides is 1. The fourth-order valence-corrected chi connectivity index (χ4v) is 5.42. The third-order valence-corrected chi connectivity index (χ3v) is 7.45. The zero-order valence-corrected chi connectivity index (χ0v) is 16.9. The highest BCUT2D eigenvalue weighted by Crippen LogP contribution is 2.26. The number of hydrogen-bond acceptors (Lipinski definition) is 4. The lowest BCUT2D eigenvalue weighted by Crippen LogP contribution is -2.42. The van der Waals surface area contributed by atoms with Crippen LogP contribution in [0.5, 0.6) is 0 Å². The first kappa shape index (κ1) is 20.0. The Bertz CT molecular complexity index is 833. The van der Waals surface area contributed by atoms with Crippen molar-refractivity contribution in [2.45, 2.75) is 50.5 Å². The zero-order chi connectivity index (χ0) is 19.4. The molecule has 3 rings (SSSR count). The number of carbonyl (C=O) groups is 1. The Morgan fingerprint density at radius 1 is 1.33 bits per heavy atom. The highest BCUT2D eigenvalue weighted by molar-refractivity contribution is 7.89. The summed E-state index contributed by atoms with van der Waals surface area (Å²) in [7, 11) is -3.59. The van der Waals surface area contributed by atoms with Gasteiger partial charge in [-0.05, 0) is 57.4 Å². The lowest BCUT2D eigenvalue weighted by molar-refractivity contribution is 0.0956. The van der Waals surface area contributed by atoms with Crippen LogP contribution in [0.1, 0.15) is 48.5 Å². The summed E-state index contributed by atoms with van der Waals surface area (Å²) in [5.74, 6) is -0.226.